The van der Waals surface area contributed by atoms with Crippen molar-refractivity contribution in [3.05, 3.63) is 28.4 Å². The number of nitrogens with two attached hydrogens (primary N) is 1. The maximum Gasteiger partial charge on any atom is 0.363 e. The Balaban J connectivity index is 1.94. The Morgan fingerprint density at radius 2 is 2.10 bits per heavy atom. The molecule has 2 heterocycles. The zero-order chi connectivity index (χ0) is 15.4. The van der Waals surface area contributed by atoms with E-state index in [0.29, 0.717) is 32.6 Å². The number of amides is 1. The van der Waals surface area contributed by atoms with Crippen molar-refractivity contribution >= 4 is 17.4 Å². The molecule has 0 radical (unpaired) electrons. The summed E-state index contributed by atoms with van der Waals surface area (Å²) in [6, 6.07) is 2.64. The molecule has 0 aliphatic carbocycles. The number of hydrogen-bond acceptors (Lipinski definition) is 6. The van der Waals surface area contributed by atoms with Crippen molar-refractivity contribution in [3.63, 3.8) is 0 Å². The predicted molar refractivity (Wildman–Crippen MR) is 78.0 cm³/mol. The normalized spacial score (nSPS) is 16.7. The van der Waals surface area contributed by atoms with Crippen LogP contribution in [0.3, 0.4) is 0 Å². The number of carbonyl (C=O) groups is 1. The van der Waals surface area contributed by atoms with E-state index in [1.807, 2.05) is 6.92 Å². The average Bonchev–Trinajstić information content (AvgIpc) is 2.53. The van der Waals surface area contributed by atoms with Crippen molar-refractivity contribution in [2.75, 3.05) is 31.1 Å². The van der Waals surface area contributed by atoms with Crippen molar-refractivity contribution in [1.82, 2.24) is 9.88 Å². The summed E-state index contributed by atoms with van der Waals surface area (Å²) in [4.78, 5) is 29.7. The third-order valence-electron chi connectivity index (χ3n) is 3.63. The lowest BCUT2D eigenvalue weighted by Gasteiger charge is -2.36. The van der Waals surface area contributed by atoms with Crippen LogP contribution >= 0.6 is 0 Å². The van der Waals surface area contributed by atoms with Crippen LogP contribution in [0.2, 0.25) is 0 Å². The van der Waals surface area contributed by atoms with Gasteiger partial charge < -0.3 is 25.6 Å². The SMILES string of the molecule is CC[C@@H](N)C(=O)N1CCN(c2ccc([N+](=O)[O-])nc2)CC1. The van der Waals surface area contributed by atoms with E-state index in [9.17, 15) is 14.9 Å². The molecule has 21 heavy (non-hydrogen) atoms. The van der Waals surface area contributed by atoms with Crippen LogP contribution in [0.25, 0.3) is 0 Å². The Bertz CT molecular complexity index is 511. The number of rotatable bonds is 4. The largest absolute Gasteiger partial charge is 0.365 e. The maximum atomic E-state index is 12.0. The van der Waals surface area contributed by atoms with Gasteiger partial charge in [-0.05, 0) is 22.4 Å². The van der Waals surface area contributed by atoms with Crippen molar-refractivity contribution in [1.29, 1.82) is 0 Å². The first-order valence-corrected chi connectivity index (χ1v) is 6.92. The van der Waals surface area contributed by atoms with Crippen LogP contribution in [0.5, 0.6) is 0 Å². The summed E-state index contributed by atoms with van der Waals surface area (Å²) in [5, 5.41) is 10.6. The molecule has 1 aliphatic rings. The smallest absolute Gasteiger partial charge is 0.363 e. The van der Waals surface area contributed by atoms with Gasteiger partial charge in [-0.3, -0.25) is 4.79 Å². The van der Waals surface area contributed by atoms with Gasteiger partial charge in [0.05, 0.1) is 11.7 Å². The summed E-state index contributed by atoms with van der Waals surface area (Å²) < 4.78 is 0. The van der Waals surface area contributed by atoms with E-state index in [0.717, 1.165) is 5.69 Å². The minimum atomic E-state index is -0.521. The number of hydrogen-bond donors (Lipinski definition) is 1. The first-order valence-electron chi connectivity index (χ1n) is 6.92. The van der Waals surface area contributed by atoms with E-state index in [4.69, 9.17) is 5.73 Å². The molecule has 1 saturated heterocycles. The molecular formula is C13H19N5O3. The number of pyridine rings is 1. The summed E-state index contributed by atoms with van der Waals surface area (Å²) >= 11 is 0. The van der Waals surface area contributed by atoms with Crippen molar-refractivity contribution in [2.24, 2.45) is 5.73 Å². The number of anilines is 1. The molecule has 8 heteroatoms. The second-order valence-electron chi connectivity index (χ2n) is 4.96. The van der Waals surface area contributed by atoms with Gasteiger partial charge in [0, 0.05) is 32.2 Å². The van der Waals surface area contributed by atoms with E-state index in [-0.39, 0.29) is 11.7 Å². The van der Waals surface area contributed by atoms with Gasteiger partial charge in [-0.15, -0.1) is 0 Å². The monoisotopic (exact) mass is 293 g/mol. The number of carbonyl (C=O) groups excluding carboxylic acids is 1. The third kappa shape index (κ3) is 3.46. The summed E-state index contributed by atoms with van der Waals surface area (Å²) in [6.07, 6.45) is 2.12. The number of nitrogens with zero attached hydrogens (tertiary/aromatic N) is 4. The fourth-order valence-corrected chi connectivity index (χ4v) is 2.27. The van der Waals surface area contributed by atoms with Crippen molar-refractivity contribution in [3.8, 4) is 0 Å². The molecule has 0 aromatic carbocycles. The van der Waals surface area contributed by atoms with E-state index in [1.165, 1.54) is 12.3 Å². The van der Waals surface area contributed by atoms with Gasteiger partial charge in [0.2, 0.25) is 5.91 Å². The minimum Gasteiger partial charge on any atom is -0.365 e. The molecule has 1 aromatic rings. The van der Waals surface area contributed by atoms with Crippen LogP contribution in [0, 0.1) is 10.1 Å². The second-order valence-corrected chi connectivity index (χ2v) is 4.96. The van der Waals surface area contributed by atoms with Gasteiger partial charge in [0.25, 0.3) is 0 Å². The van der Waals surface area contributed by atoms with Crippen molar-refractivity contribution in [2.45, 2.75) is 19.4 Å². The first kappa shape index (κ1) is 15.2. The van der Waals surface area contributed by atoms with Crippen LogP contribution < -0.4 is 10.6 Å². The van der Waals surface area contributed by atoms with Crippen LogP contribution in [0.4, 0.5) is 11.5 Å². The molecule has 1 fully saturated rings. The van der Waals surface area contributed by atoms with E-state index in [2.05, 4.69) is 9.88 Å². The highest BCUT2D eigenvalue weighted by atomic mass is 16.6. The Kier molecular flexibility index (Phi) is 4.69. The Morgan fingerprint density at radius 3 is 2.57 bits per heavy atom. The lowest BCUT2D eigenvalue weighted by atomic mass is 10.2. The predicted octanol–water partition coefficient (Wildman–Crippen LogP) is 0.376. The highest BCUT2D eigenvalue weighted by Crippen LogP contribution is 2.18. The molecule has 1 aliphatic heterocycles. The summed E-state index contributed by atoms with van der Waals surface area (Å²) in [7, 11) is 0. The second kappa shape index (κ2) is 6.49. The van der Waals surface area contributed by atoms with E-state index >= 15 is 0 Å². The first-order chi connectivity index (χ1) is 10.0. The van der Waals surface area contributed by atoms with E-state index in [1.54, 1.807) is 11.0 Å². The van der Waals surface area contributed by atoms with Gasteiger partial charge in [-0.1, -0.05) is 6.92 Å². The molecule has 114 valence electrons. The van der Waals surface area contributed by atoms with Gasteiger partial charge in [-0.25, -0.2) is 0 Å². The quantitative estimate of drug-likeness (QED) is 0.635. The Morgan fingerprint density at radius 1 is 1.43 bits per heavy atom. The topological polar surface area (TPSA) is 106 Å². The van der Waals surface area contributed by atoms with Crippen LogP contribution in [-0.2, 0) is 4.79 Å². The standard InChI is InChI=1S/C13H19N5O3/c1-2-11(14)13(19)17-7-5-16(6-8-17)10-3-4-12(15-9-10)18(20)21/h3-4,9,11H,2,5-8,14H2,1H3/t11-/m1/s1. The number of aromatic nitrogens is 1. The van der Waals surface area contributed by atoms with Crippen molar-refractivity contribution < 1.29 is 9.72 Å². The van der Waals surface area contributed by atoms with Crippen LogP contribution in [-0.4, -0.2) is 52.9 Å². The zero-order valence-corrected chi connectivity index (χ0v) is 11.9. The molecule has 0 saturated carbocycles. The molecule has 0 spiro atoms. The van der Waals surface area contributed by atoms with Gasteiger partial charge in [0.1, 0.15) is 0 Å². The molecule has 0 unspecified atom stereocenters. The van der Waals surface area contributed by atoms with E-state index < -0.39 is 11.0 Å². The fourth-order valence-electron chi connectivity index (χ4n) is 2.27. The summed E-state index contributed by atoms with van der Waals surface area (Å²) in [5.74, 6) is -0.180. The van der Waals surface area contributed by atoms with Gasteiger partial charge >= 0.3 is 5.82 Å². The van der Waals surface area contributed by atoms with Gasteiger partial charge in [0.15, 0.2) is 6.20 Å². The van der Waals surface area contributed by atoms with Crippen LogP contribution in [0.1, 0.15) is 13.3 Å². The molecule has 2 rings (SSSR count). The highest BCUT2D eigenvalue weighted by molar-refractivity contribution is 5.81. The summed E-state index contributed by atoms with van der Waals surface area (Å²) in [6.45, 7) is 4.43. The molecule has 8 nitrogen and oxygen atoms in total. The molecule has 2 N–H and O–H groups in total. The molecule has 0 bridgehead atoms. The molecule has 1 amide bonds. The average molecular weight is 293 g/mol. The highest BCUT2D eigenvalue weighted by Gasteiger charge is 2.25. The zero-order valence-electron chi connectivity index (χ0n) is 11.9. The third-order valence-corrected chi connectivity index (χ3v) is 3.63. The lowest BCUT2D eigenvalue weighted by Crippen LogP contribution is -2.53. The lowest BCUT2D eigenvalue weighted by molar-refractivity contribution is -0.389. The molecular weight excluding hydrogens is 274 g/mol. The molecule has 1 aromatic heterocycles. The fraction of sp³-hybridized carbons (Fsp3) is 0.538. The Labute approximate surface area is 122 Å². The minimum absolute atomic E-state index is 0.0148. The molecule has 1 atom stereocenters. The number of nitro groups is 1. The van der Waals surface area contributed by atoms with Gasteiger partial charge in [-0.2, -0.15) is 0 Å². The Hall–Kier alpha value is -2.22. The number of piperazine rings is 1. The van der Waals surface area contributed by atoms with Crippen LogP contribution in [0.15, 0.2) is 18.3 Å². The maximum absolute atomic E-state index is 12.0. The summed E-state index contributed by atoms with van der Waals surface area (Å²) in [5.41, 5.74) is 6.59.